The van der Waals surface area contributed by atoms with Crippen molar-refractivity contribution in [2.45, 2.75) is 47.0 Å². The molecule has 0 fully saturated rings. The Bertz CT molecular complexity index is 177. The normalized spacial score (nSPS) is 11.7. The Morgan fingerprint density at radius 2 is 2.00 bits per heavy atom. The van der Waals surface area contributed by atoms with Crippen LogP contribution in [0.5, 0.6) is 0 Å². The van der Waals surface area contributed by atoms with Crippen molar-refractivity contribution in [3.05, 3.63) is 0 Å². The molecule has 0 bridgehead atoms. The Hall–Kier alpha value is -0.550. The fraction of sp³-hybridized carbons (Fsp3) is 0.917. The van der Waals surface area contributed by atoms with Crippen LogP contribution in [0.25, 0.3) is 0 Å². The monoisotopic (exact) mass is 196 g/mol. The van der Waals surface area contributed by atoms with Crippen molar-refractivity contribution in [3.63, 3.8) is 0 Å². The number of nitrogens with one attached hydrogen (secondary N) is 1. The quantitative estimate of drug-likeness (QED) is 0.635. The van der Waals surface area contributed by atoms with Crippen molar-refractivity contribution in [2.75, 3.05) is 13.1 Å². The van der Waals surface area contributed by atoms with Gasteiger partial charge in [-0.05, 0) is 30.7 Å². The van der Waals surface area contributed by atoms with Gasteiger partial charge < -0.3 is 5.32 Å². The van der Waals surface area contributed by atoms with E-state index in [0.29, 0.717) is 6.42 Å². The van der Waals surface area contributed by atoms with Gasteiger partial charge in [0.15, 0.2) is 0 Å². The summed E-state index contributed by atoms with van der Waals surface area (Å²) in [7, 11) is 0. The molecule has 0 atom stereocenters. The Morgan fingerprint density at radius 3 is 2.50 bits per heavy atom. The topological polar surface area (TPSA) is 35.8 Å². The highest BCUT2D eigenvalue weighted by atomic mass is 14.9. The van der Waals surface area contributed by atoms with Crippen LogP contribution >= 0.6 is 0 Å². The van der Waals surface area contributed by atoms with Gasteiger partial charge in [-0.25, -0.2) is 0 Å². The molecule has 0 saturated carbocycles. The maximum atomic E-state index is 8.50. The lowest BCUT2D eigenvalue weighted by atomic mass is 9.88. The molecule has 0 heterocycles. The van der Waals surface area contributed by atoms with Crippen molar-refractivity contribution in [3.8, 4) is 6.07 Å². The summed E-state index contributed by atoms with van der Waals surface area (Å²) < 4.78 is 0. The van der Waals surface area contributed by atoms with E-state index in [1.54, 1.807) is 0 Å². The molecule has 0 aromatic carbocycles. The van der Waals surface area contributed by atoms with Gasteiger partial charge in [-0.1, -0.05) is 27.7 Å². The molecular formula is C12H24N2. The van der Waals surface area contributed by atoms with Crippen LogP contribution in [0.1, 0.15) is 47.0 Å². The van der Waals surface area contributed by atoms with Gasteiger partial charge in [-0.3, -0.25) is 0 Å². The molecule has 0 spiro atoms. The third-order valence-corrected chi connectivity index (χ3v) is 2.42. The number of nitriles is 1. The molecule has 0 aromatic rings. The molecule has 0 aliphatic rings. The van der Waals surface area contributed by atoms with Crippen molar-refractivity contribution >= 4 is 0 Å². The Labute approximate surface area is 88.7 Å². The van der Waals surface area contributed by atoms with Crippen molar-refractivity contribution in [1.82, 2.24) is 5.32 Å². The highest BCUT2D eigenvalue weighted by Gasteiger charge is 2.16. The summed E-state index contributed by atoms with van der Waals surface area (Å²) in [6.45, 7) is 11.0. The molecule has 0 rings (SSSR count). The summed E-state index contributed by atoms with van der Waals surface area (Å²) in [5.41, 5.74) is 0.257. The lowest BCUT2D eigenvalue weighted by molar-refractivity contribution is 0.314. The Morgan fingerprint density at radius 1 is 1.36 bits per heavy atom. The number of nitrogens with zero attached hydrogens (tertiary/aromatic N) is 1. The first-order valence-corrected chi connectivity index (χ1v) is 5.55. The summed E-state index contributed by atoms with van der Waals surface area (Å²) in [6, 6.07) is 2.20. The molecule has 0 aliphatic heterocycles. The van der Waals surface area contributed by atoms with Crippen molar-refractivity contribution in [2.24, 2.45) is 11.3 Å². The maximum Gasteiger partial charge on any atom is 0.0621 e. The highest BCUT2D eigenvalue weighted by molar-refractivity contribution is 4.78. The van der Waals surface area contributed by atoms with E-state index in [4.69, 9.17) is 5.26 Å². The van der Waals surface area contributed by atoms with Crippen molar-refractivity contribution < 1.29 is 0 Å². The van der Waals surface area contributed by atoms with Gasteiger partial charge in [-0.15, -0.1) is 0 Å². The average molecular weight is 196 g/mol. The van der Waals surface area contributed by atoms with E-state index in [-0.39, 0.29) is 5.41 Å². The van der Waals surface area contributed by atoms with Crippen LogP contribution in [0.15, 0.2) is 0 Å². The van der Waals surface area contributed by atoms with Crippen LogP contribution < -0.4 is 5.32 Å². The Balaban J connectivity index is 3.51. The molecule has 0 radical (unpaired) electrons. The number of hydrogen-bond acceptors (Lipinski definition) is 2. The molecule has 1 N–H and O–H groups in total. The second-order valence-corrected chi connectivity index (χ2v) is 5.18. The van der Waals surface area contributed by atoms with Crippen LogP contribution in [-0.4, -0.2) is 13.1 Å². The Kier molecular flexibility index (Phi) is 6.57. The highest BCUT2D eigenvalue weighted by Crippen LogP contribution is 2.20. The van der Waals surface area contributed by atoms with Crippen molar-refractivity contribution in [1.29, 1.82) is 5.26 Å². The first-order valence-electron chi connectivity index (χ1n) is 5.55. The third kappa shape index (κ3) is 8.07. The largest absolute Gasteiger partial charge is 0.316 e. The average Bonchev–Trinajstić information content (AvgIpc) is 2.09. The minimum atomic E-state index is 0.257. The molecule has 2 heteroatoms. The molecule has 0 unspecified atom stereocenters. The standard InChI is InChI=1S/C12H24N2/c1-11(2)6-9-14-10-12(3,4)7-5-8-13/h11,14H,5-7,9-10H2,1-4H3. The zero-order chi connectivity index (χ0) is 11.0. The minimum Gasteiger partial charge on any atom is -0.316 e. The van der Waals surface area contributed by atoms with E-state index in [1.807, 2.05) is 0 Å². The predicted molar refractivity (Wildman–Crippen MR) is 61.0 cm³/mol. The molecule has 2 nitrogen and oxygen atoms in total. The zero-order valence-corrected chi connectivity index (χ0v) is 10.1. The smallest absolute Gasteiger partial charge is 0.0621 e. The zero-order valence-electron chi connectivity index (χ0n) is 10.1. The van der Waals surface area contributed by atoms with Gasteiger partial charge in [0.05, 0.1) is 6.07 Å². The summed E-state index contributed by atoms with van der Waals surface area (Å²) in [5.74, 6) is 0.768. The van der Waals surface area contributed by atoms with Gasteiger partial charge >= 0.3 is 0 Å². The SMILES string of the molecule is CC(C)CCNCC(C)(C)CCC#N. The van der Waals surface area contributed by atoms with E-state index in [2.05, 4.69) is 39.1 Å². The van der Waals surface area contributed by atoms with E-state index >= 15 is 0 Å². The summed E-state index contributed by atoms with van der Waals surface area (Å²) >= 11 is 0. The molecule has 0 saturated heterocycles. The summed E-state index contributed by atoms with van der Waals surface area (Å²) in [6.07, 6.45) is 2.88. The summed E-state index contributed by atoms with van der Waals surface area (Å²) in [5, 5.41) is 12.0. The van der Waals surface area contributed by atoms with E-state index < -0.39 is 0 Å². The number of hydrogen-bond donors (Lipinski definition) is 1. The van der Waals surface area contributed by atoms with E-state index in [0.717, 1.165) is 25.4 Å². The second kappa shape index (κ2) is 6.84. The lowest BCUT2D eigenvalue weighted by Crippen LogP contribution is -2.30. The second-order valence-electron chi connectivity index (χ2n) is 5.18. The molecule has 82 valence electrons. The third-order valence-electron chi connectivity index (χ3n) is 2.42. The molecular weight excluding hydrogens is 172 g/mol. The van der Waals surface area contributed by atoms with Crippen LogP contribution in [0.2, 0.25) is 0 Å². The van der Waals surface area contributed by atoms with Crippen LogP contribution in [0, 0.1) is 22.7 Å². The van der Waals surface area contributed by atoms with Crippen LogP contribution in [0.3, 0.4) is 0 Å². The van der Waals surface area contributed by atoms with E-state index in [1.165, 1.54) is 6.42 Å². The maximum absolute atomic E-state index is 8.50. The van der Waals surface area contributed by atoms with E-state index in [9.17, 15) is 0 Å². The lowest BCUT2D eigenvalue weighted by Gasteiger charge is -2.24. The molecule has 0 aromatic heterocycles. The molecule has 14 heavy (non-hydrogen) atoms. The molecule has 0 amide bonds. The summed E-state index contributed by atoms with van der Waals surface area (Å²) in [4.78, 5) is 0. The first kappa shape index (κ1) is 13.4. The van der Waals surface area contributed by atoms with Gasteiger partial charge in [-0.2, -0.15) is 5.26 Å². The predicted octanol–water partition coefficient (Wildman–Crippen LogP) is 2.95. The van der Waals surface area contributed by atoms with Gasteiger partial charge in [0.25, 0.3) is 0 Å². The first-order chi connectivity index (χ1) is 6.48. The fourth-order valence-corrected chi connectivity index (χ4v) is 1.30. The van der Waals surface area contributed by atoms with Crippen LogP contribution in [0.4, 0.5) is 0 Å². The molecule has 0 aliphatic carbocycles. The minimum absolute atomic E-state index is 0.257. The van der Waals surface area contributed by atoms with Gasteiger partial charge in [0, 0.05) is 13.0 Å². The van der Waals surface area contributed by atoms with Crippen LogP contribution in [-0.2, 0) is 0 Å². The number of rotatable bonds is 7. The van der Waals surface area contributed by atoms with Gasteiger partial charge in [0.1, 0.15) is 0 Å². The fourth-order valence-electron chi connectivity index (χ4n) is 1.30. The van der Waals surface area contributed by atoms with Gasteiger partial charge in [0.2, 0.25) is 0 Å².